The second-order valence-corrected chi connectivity index (χ2v) is 4.25. The maximum Gasteiger partial charge on any atom is 0.326 e. The van der Waals surface area contributed by atoms with Crippen LogP contribution in [0.3, 0.4) is 0 Å². The minimum atomic E-state index is -1.12. The van der Waals surface area contributed by atoms with E-state index in [4.69, 9.17) is 15.9 Å². The van der Waals surface area contributed by atoms with Gasteiger partial charge in [0.05, 0.1) is 6.04 Å². The van der Waals surface area contributed by atoms with Gasteiger partial charge in [-0.25, -0.2) is 4.79 Å². The molecule has 0 aromatic rings. The summed E-state index contributed by atoms with van der Waals surface area (Å²) in [6, 6.07) is -2.01. The van der Waals surface area contributed by atoms with Crippen LogP contribution < -0.4 is 11.1 Å². The molecule has 7 nitrogen and oxygen atoms in total. The van der Waals surface area contributed by atoms with Gasteiger partial charge in [0.2, 0.25) is 5.91 Å². The van der Waals surface area contributed by atoms with Crippen molar-refractivity contribution in [2.24, 2.45) is 11.7 Å². The molecule has 0 radical (unpaired) electrons. The van der Waals surface area contributed by atoms with E-state index in [1.165, 1.54) is 0 Å². The van der Waals surface area contributed by atoms with E-state index in [1.54, 1.807) is 6.92 Å². The van der Waals surface area contributed by atoms with Crippen molar-refractivity contribution >= 4 is 17.8 Å². The van der Waals surface area contributed by atoms with Crippen molar-refractivity contribution in [3.8, 4) is 0 Å². The Balaban J connectivity index is 4.41. The summed E-state index contributed by atoms with van der Waals surface area (Å²) in [6.07, 6.45) is 0.352. The molecule has 1 amide bonds. The molecule has 0 aromatic heterocycles. The highest BCUT2D eigenvalue weighted by Crippen LogP contribution is 2.08. The number of carbonyl (C=O) groups excluding carboxylic acids is 1. The topological polar surface area (TPSA) is 130 Å². The smallest absolute Gasteiger partial charge is 0.326 e. The van der Waals surface area contributed by atoms with E-state index in [0.717, 1.165) is 0 Å². The van der Waals surface area contributed by atoms with Crippen molar-refractivity contribution in [2.75, 3.05) is 0 Å². The van der Waals surface area contributed by atoms with E-state index in [2.05, 4.69) is 5.32 Å². The molecular formula is C11H20N2O5. The number of rotatable bonds is 8. The van der Waals surface area contributed by atoms with Gasteiger partial charge in [0.15, 0.2) is 0 Å². The number of carboxylic acids is 2. The van der Waals surface area contributed by atoms with Gasteiger partial charge in [0, 0.05) is 6.42 Å². The summed E-state index contributed by atoms with van der Waals surface area (Å²) in [5.74, 6) is -3.03. The van der Waals surface area contributed by atoms with E-state index < -0.39 is 29.9 Å². The lowest BCUT2D eigenvalue weighted by Gasteiger charge is -2.21. The number of hydrogen-bond donors (Lipinski definition) is 4. The number of nitrogens with two attached hydrogens (primary N) is 1. The van der Waals surface area contributed by atoms with Crippen molar-refractivity contribution in [3.63, 3.8) is 0 Å². The molecular weight excluding hydrogens is 240 g/mol. The lowest BCUT2D eigenvalue weighted by molar-refractivity contribution is -0.144. The third-order valence-corrected chi connectivity index (χ3v) is 2.78. The maximum atomic E-state index is 11.6. The Kier molecular flexibility index (Phi) is 6.96. The zero-order valence-corrected chi connectivity index (χ0v) is 10.5. The van der Waals surface area contributed by atoms with Crippen LogP contribution in [-0.2, 0) is 14.4 Å². The van der Waals surface area contributed by atoms with Gasteiger partial charge in [-0.3, -0.25) is 9.59 Å². The van der Waals surface area contributed by atoms with Gasteiger partial charge in [-0.15, -0.1) is 0 Å². The van der Waals surface area contributed by atoms with Gasteiger partial charge in [-0.1, -0.05) is 20.3 Å². The van der Waals surface area contributed by atoms with Crippen LogP contribution in [0, 0.1) is 5.92 Å². The van der Waals surface area contributed by atoms with Crippen LogP contribution in [0.1, 0.15) is 33.1 Å². The van der Waals surface area contributed by atoms with Crippen molar-refractivity contribution in [1.29, 1.82) is 0 Å². The molecule has 0 saturated heterocycles. The third-order valence-electron chi connectivity index (χ3n) is 2.78. The van der Waals surface area contributed by atoms with Crippen LogP contribution in [0.2, 0.25) is 0 Å². The Morgan fingerprint density at radius 1 is 1.28 bits per heavy atom. The van der Waals surface area contributed by atoms with E-state index in [1.807, 2.05) is 6.92 Å². The van der Waals surface area contributed by atoms with Crippen LogP contribution in [0.15, 0.2) is 0 Å². The Labute approximate surface area is 105 Å². The molecule has 0 fully saturated rings. The zero-order valence-electron chi connectivity index (χ0n) is 10.5. The lowest BCUT2D eigenvalue weighted by atomic mass is 9.98. The van der Waals surface area contributed by atoms with Crippen LogP contribution in [0.4, 0.5) is 0 Å². The second kappa shape index (κ2) is 7.65. The number of amides is 1. The van der Waals surface area contributed by atoms with E-state index in [0.29, 0.717) is 6.42 Å². The Hall–Kier alpha value is -1.63. The monoisotopic (exact) mass is 260 g/mol. The number of nitrogens with one attached hydrogen (secondary N) is 1. The molecule has 2 unspecified atom stereocenters. The van der Waals surface area contributed by atoms with Crippen molar-refractivity contribution in [2.45, 2.75) is 45.2 Å². The van der Waals surface area contributed by atoms with Gasteiger partial charge >= 0.3 is 11.9 Å². The van der Waals surface area contributed by atoms with Gasteiger partial charge in [0.25, 0.3) is 0 Å². The van der Waals surface area contributed by atoms with Gasteiger partial charge in [0.1, 0.15) is 6.04 Å². The first-order chi connectivity index (χ1) is 8.29. The van der Waals surface area contributed by atoms with Gasteiger partial charge in [-0.05, 0) is 12.3 Å². The summed E-state index contributed by atoms with van der Waals surface area (Å²) in [5, 5.41) is 19.8. The van der Waals surface area contributed by atoms with Gasteiger partial charge < -0.3 is 21.3 Å². The maximum absolute atomic E-state index is 11.6. The molecule has 0 aromatic carbocycles. The highest BCUT2D eigenvalue weighted by Gasteiger charge is 2.27. The Morgan fingerprint density at radius 3 is 2.22 bits per heavy atom. The third kappa shape index (κ3) is 5.62. The fourth-order valence-electron chi connectivity index (χ4n) is 1.35. The van der Waals surface area contributed by atoms with Crippen molar-refractivity contribution in [3.05, 3.63) is 0 Å². The first-order valence-corrected chi connectivity index (χ1v) is 5.80. The molecule has 5 N–H and O–H groups in total. The van der Waals surface area contributed by atoms with E-state index >= 15 is 0 Å². The molecule has 0 aliphatic rings. The predicted octanol–water partition coefficient (Wildman–Crippen LogP) is -0.206. The van der Waals surface area contributed by atoms with Crippen LogP contribution in [0.25, 0.3) is 0 Å². The van der Waals surface area contributed by atoms with Crippen molar-refractivity contribution < 1.29 is 24.6 Å². The van der Waals surface area contributed by atoms with E-state index in [9.17, 15) is 14.4 Å². The summed E-state index contributed by atoms with van der Waals surface area (Å²) >= 11 is 0. The molecule has 0 spiro atoms. The number of hydrogen-bond acceptors (Lipinski definition) is 4. The van der Waals surface area contributed by atoms with Gasteiger partial charge in [-0.2, -0.15) is 0 Å². The van der Waals surface area contributed by atoms with Crippen LogP contribution >= 0.6 is 0 Å². The van der Waals surface area contributed by atoms with E-state index in [-0.39, 0.29) is 18.8 Å². The average Bonchev–Trinajstić information content (AvgIpc) is 2.30. The number of carboxylic acid groups (broad SMARTS) is 2. The standard InChI is InChI=1S/C11H20N2O5/c1-3-6(2)9(11(17)18)13-10(16)7(12)4-5-8(14)15/h6-7,9H,3-5,12H2,1-2H3,(H,13,16)(H,14,15)(H,17,18)/t6?,7?,9-/m0/s1. The minimum absolute atomic E-state index is 0.0198. The molecule has 104 valence electrons. The molecule has 7 heteroatoms. The predicted molar refractivity (Wildman–Crippen MR) is 63.9 cm³/mol. The summed E-state index contributed by atoms with van der Waals surface area (Å²) in [6.45, 7) is 3.53. The molecule has 0 aliphatic carbocycles. The molecule has 3 atom stereocenters. The van der Waals surface area contributed by atoms with Crippen LogP contribution in [0.5, 0.6) is 0 Å². The highest BCUT2D eigenvalue weighted by atomic mass is 16.4. The molecule has 0 heterocycles. The second-order valence-electron chi connectivity index (χ2n) is 4.25. The average molecular weight is 260 g/mol. The zero-order chi connectivity index (χ0) is 14.3. The van der Waals surface area contributed by atoms with Crippen LogP contribution in [-0.4, -0.2) is 40.1 Å². The molecule has 18 heavy (non-hydrogen) atoms. The summed E-state index contributed by atoms with van der Waals surface area (Å²) < 4.78 is 0. The van der Waals surface area contributed by atoms with Crippen molar-refractivity contribution in [1.82, 2.24) is 5.32 Å². The number of carbonyl (C=O) groups is 3. The number of aliphatic carboxylic acids is 2. The first-order valence-electron chi connectivity index (χ1n) is 5.80. The fourth-order valence-corrected chi connectivity index (χ4v) is 1.35. The summed E-state index contributed by atoms with van der Waals surface area (Å²) in [5.41, 5.74) is 5.49. The first kappa shape index (κ1) is 16.4. The summed E-state index contributed by atoms with van der Waals surface area (Å²) in [7, 11) is 0. The minimum Gasteiger partial charge on any atom is -0.481 e. The SMILES string of the molecule is CCC(C)[C@H](NC(=O)C(N)CCC(=O)O)C(=O)O. The highest BCUT2D eigenvalue weighted by molar-refractivity contribution is 5.87. The summed E-state index contributed by atoms with van der Waals surface area (Å²) in [4.78, 5) is 32.9. The molecule has 0 rings (SSSR count). The molecule has 0 aliphatic heterocycles. The quantitative estimate of drug-likeness (QED) is 0.478. The molecule has 0 saturated carbocycles. The lowest BCUT2D eigenvalue weighted by Crippen LogP contribution is -2.51. The Bertz CT molecular complexity index is 319. The normalized spacial score (nSPS) is 15.5. The fraction of sp³-hybridized carbons (Fsp3) is 0.727. The largest absolute Gasteiger partial charge is 0.481 e. The molecule has 0 bridgehead atoms. The Morgan fingerprint density at radius 2 is 1.83 bits per heavy atom.